The maximum absolute atomic E-state index is 12.7. The summed E-state index contributed by atoms with van der Waals surface area (Å²) >= 11 is 4.15. The molecule has 0 unspecified atom stereocenters. The highest BCUT2D eigenvalue weighted by Gasteiger charge is 2.51. The van der Waals surface area contributed by atoms with Gasteiger partial charge in [0.05, 0.1) is 11.2 Å². The van der Waals surface area contributed by atoms with Gasteiger partial charge in [-0.2, -0.15) is 21.0 Å². The average Bonchev–Trinajstić information content (AvgIpc) is 2.56. The van der Waals surface area contributed by atoms with E-state index >= 15 is 0 Å². The van der Waals surface area contributed by atoms with Crippen molar-refractivity contribution in [2.45, 2.75) is 44.6 Å². The number of rotatable bonds is 4. The van der Waals surface area contributed by atoms with E-state index in [1.807, 2.05) is 27.7 Å². The number of benzene rings is 1. The predicted molar refractivity (Wildman–Crippen MR) is 85.5 cm³/mol. The van der Waals surface area contributed by atoms with Gasteiger partial charge in [0, 0.05) is 5.75 Å². The van der Waals surface area contributed by atoms with E-state index in [1.54, 1.807) is 6.07 Å². The Labute approximate surface area is 136 Å². The van der Waals surface area contributed by atoms with Crippen molar-refractivity contribution in [3.05, 3.63) is 23.8 Å². The topological polar surface area (TPSA) is 61.8 Å². The van der Waals surface area contributed by atoms with E-state index in [1.165, 1.54) is 12.1 Å². The van der Waals surface area contributed by atoms with Crippen LogP contribution in [0.4, 0.5) is 3.89 Å². The lowest BCUT2D eigenvalue weighted by atomic mass is 9.78. The maximum atomic E-state index is 12.7. The normalized spacial score (nSPS) is 20.2. The van der Waals surface area contributed by atoms with Crippen LogP contribution in [0.5, 0.6) is 5.75 Å². The first-order valence-electron chi connectivity index (χ1n) is 6.68. The molecule has 0 saturated carbocycles. The molecule has 5 nitrogen and oxygen atoms in total. The van der Waals surface area contributed by atoms with E-state index in [2.05, 4.69) is 16.8 Å². The Hall–Kier alpha value is -0.765. The summed E-state index contributed by atoms with van der Waals surface area (Å²) in [7, 11) is -5.79. The van der Waals surface area contributed by atoms with E-state index in [0.717, 1.165) is 0 Å². The van der Waals surface area contributed by atoms with Crippen molar-refractivity contribution in [2.24, 2.45) is 0 Å². The zero-order chi connectivity index (χ0) is 16.8. The van der Waals surface area contributed by atoms with Crippen molar-refractivity contribution in [3.63, 3.8) is 0 Å². The fourth-order valence-electron chi connectivity index (χ4n) is 2.06. The number of hydrogen-bond donors (Lipinski definition) is 1. The van der Waals surface area contributed by atoms with Crippen molar-refractivity contribution < 1.29 is 25.8 Å². The molecular weight excluding hydrogens is 330 g/mol. The molecule has 1 aromatic rings. The molecule has 0 spiro atoms. The lowest BCUT2D eigenvalue weighted by molar-refractivity contribution is 0.00578. The Kier molecular flexibility index (Phi) is 4.56. The summed E-state index contributed by atoms with van der Waals surface area (Å²) in [5.74, 6) is 0.189. The monoisotopic (exact) mass is 348 g/mol. The van der Waals surface area contributed by atoms with E-state index < -0.39 is 28.8 Å². The molecule has 1 aromatic carbocycles. The number of thiol groups is 1. The van der Waals surface area contributed by atoms with Gasteiger partial charge < -0.3 is 13.5 Å². The molecule has 1 aliphatic heterocycles. The summed E-state index contributed by atoms with van der Waals surface area (Å²) < 4.78 is 50.2. The van der Waals surface area contributed by atoms with E-state index in [4.69, 9.17) is 9.31 Å². The maximum Gasteiger partial charge on any atom is 0.494 e. The first-order valence-corrected chi connectivity index (χ1v) is 8.62. The third kappa shape index (κ3) is 3.76. The molecule has 0 amide bonds. The SMILES string of the molecule is CC1(C)OB(c2cc(CS)cc(OS(=O)(=O)F)c2)OC1(C)C. The minimum absolute atomic E-state index is 0.140. The van der Waals surface area contributed by atoms with Gasteiger partial charge in [0.2, 0.25) is 0 Å². The largest absolute Gasteiger partial charge is 0.494 e. The standard InChI is InChI=1S/C13H18BFO5S2/c1-12(2)13(3,4)20-14(19-12)10-5-9(8-21)6-11(7-10)18-22(15,16)17/h5-7,21H,8H2,1-4H3. The van der Waals surface area contributed by atoms with Gasteiger partial charge in [-0.3, -0.25) is 0 Å². The Bertz CT molecular complexity index is 659. The second-order valence-corrected chi connectivity index (χ2v) is 7.40. The highest BCUT2D eigenvalue weighted by atomic mass is 32.3. The molecule has 9 heteroatoms. The van der Waals surface area contributed by atoms with Crippen molar-refractivity contribution in [1.29, 1.82) is 0 Å². The van der Waals surface area contributed by atoms with Crippen LogP contribution in [-0.4, -0.2) is 26.7 Å². The zero-order valence-electron chi connectivity index (χ0n) is 12.8. The Balaban J connectivity index is 2.38. The van der Waals surface area contributed by atoms with Crippen molar-refractivity contribution in [3.8, 4) is 5.75 Å². The fourth-order valence-corrected chi connectivity index (χ4v) is 2.56. The highest BCUT2D eigenvalue weighted by molar-refractivity contribution is 7.81. The molecule has 1 fully saturated rings. The Morgan fingerprint density at radius 2 is 1.73 bits per heavy atom. The summed E-state index contributed by atoms with van der Waals surface area (Å²) in [5.41, 5.74) is 0.127. The molecule has 0 N–H and O–H groups in total. The number of hydrogen-bond acceptors (Lipinski definition) is 6. The third-order valence-corrected chi connectivity index (χ3v) is 4.65. The fraction of sp³-hybridized carbons (Fsp3) is 0.538. The summed E-state index contributed by atoms with van der Waals surface area (Å²) in [4.78, 5) is 0. The third-order valence-electron chi connectivity index (χ3n) is 3.89. The molecule has 0 aromatic heterocycles. The van der Waals surface area contributed by atoms with Crippen LogP contribution >= 0.6 is 12.6 Å². The highest BCUT2D eigenvalue weighted by Crippen LogP contribution is 2.36. The van der Waals surface area contributed by atoms with Crippen LogP contribution in [-0.2, 0) is 25.6 Å². The molecule has 22 heavy (non-hydrogen) atoms. The second kappa shape index (κ2) is 5.70. The quantitative estimate of drug-likeness (QED) is 0.512. The van der Waals surface area contributed by atoms with Crippen LogP contribution in [0.3, 0.4) is 0 Å². The van der Waals surface area contributed by atoms with Gasteiger partial charge in [0.25, 0.3) is 0 Å². The molecule has 1 heterocycles. The first-order chi connectivity index (χ1) is 9.93. The van der Waals surface area contributed by atoms with Crippen molar-refractivity contribution in [2.75, 3.05) is 0 Å². The van der Waals surface area contributed by atoms with Crippen LogP contribution < -0.4 is 9.65 Å². The smallest absolute Gasteiger partial charge is 0.399 e. The van der Waals surface area contributed by atoms with Gasteiger partial charge in [0.15, 0.2) is 0 Å². The van der Waals surface area contributed by atoms with Gasteiger partial charge in [-0.15, -0.1) is 0 Å². The lowest BCUT2D eigenvalue weighted by Crippen LogP contribution is -2.41. The van der Waals surface area contributed by atoms with Crippen molar-refractivity contribution >= 4 is 35.7 Å². The molecule has 0 bridgehead atoms. The molecule has 2 rings (SSSR count). The minimum atomic E-state index is -5.09. The molecule has 0 atom stereocenters. The minimum Gasteiger partial charge on any atom is -0.399 e. The number of halogens is 1. The Morgan fingerprint density at radius 1 is 1.18 bits per heavy atom. The molecule has 122 valence electrons. The summed E-state index contributed by atoms with van der Waals surface area (Å²) in [6, 6.07) is 4.54. The zero-order valence-corrected chi connectivity index (χ0v) is 14.5. The van der Waals surface area contributed by atoms with Gasteiger partial charge in [-0.1, -0.05) is 9.95 Å². The van der Waals surface area contributed by atoms with E-state index in [9.17, 15) is 12.3 Å². The lowest BCUT2D eigenvalue weighted by Gasteiger charge is -2.32. The molecule has 1 saturated heterocycles. The van der Waals surface area contributed by atoms with E-state index in [0.29, 0.717) is 16.8 Å². The molecule has 0 aliphatic carbocycles. The van der Waals surface area contributed by atoms with Gasteiger partial charge in [-0.25, -0.2) is 0 Å². The summed E-state index contributed by atoms with van der Waals surface area (Å²) in [5, 5.41) is 0. The van der Waals surface area contributed by atoms with Gasteiger partial charge >= 0.3 is 17.6 Å². The molecule has 0 radical (unpaired) electrons. The summed E-state index contributed by atoms with van der Waals surface area (Å²) in [6.45, 7) is 7.61. The molecule has 1 aliphatic rings. The van der Waals surface area contributed by atoms with Crippen LogP contribution in [0.25, 0.3) is 0 Å². The van der Waals surface area contributed by atoms with Crippen LogP contribution in [0, 0.1) is 0 Å². The first kappa shape index (κ1) is 17.6. The van der Waals surface area contributed by atoms with Crippen LogP contribution in [0.1, 0.15) is 33.3 Å². The van der Waals surface area contributed by atoms with Gasteiger partial charge in [-0.05, 0) is 50.9 Å². The van der Waals surface area contributed by atoms with E-state index in [-0.39, 0.29) is 5.75 Å². The molecular formula is C13H18BFO5S2. The average molecular weight is 348 g/mol. The predicted octanol–water partition coefficient (Wildman–Crippen LogP) is 2.01. The van der Waals surface area contributed by atoms with Crippen LogP contribution in [0.15, 0.2) is 18.2 Å². The summed E-state index contributed by atoms with van der Waals surface area (Å²) in [6.07, 6.45) is 0. The second-order valence-electron chi connectivity index (χ2n) is 6.13. The van der Waals surface area contributed by atoms with Crippen molar-refractivity contribution in [1.82, 2.24) is 0 Å². The van der Waals surface area contributed by atoms with Crippen LogP contribution in [0.2, 0.25) is 0 Å². The van der Waals surface area contributed by atoms with Gasteiger partial charge in [0.1, 0.15) is 5.75 Å². The Morgan fingerprint density at radius 3 is 2.18 bits per heavy atom.